The van der Waals surface area contributed by atoms with Crippen LogP contribution in [0.25, 0.3) is 0 Å². The van der Waals surface area contributed by atoms with Gasteiger partial charge in [-0.15, -0.1) is 0 Å². The van der Waals surface area contributed by atoms with Gasteiger partial charge in [0.05, 0.1) is 12.1 Å². The maximum atomic E-state index is 11.7. The number of nitrogens with two attached hydrogens (primary N) is 1. The summed E-state index contributed by atoms with van der Waals surface area (Å²) < 4.78 is 0. The number of nitrogens with zero attached hydrogens (tertiary/aromatic N) is 1. The van der Waals surface area contributed by atoms with Crippen LogP contribution in [0.3, 0.4) is 0 Å². The number of phenolic OH excluding ortho intramolecular Hbond substituents is 1. The molecule has 3 N–H and O–H groups in total. The Hall–Kier alpha value is -1.55. The topological polar surface area (TPSA) is 66.6 Å². The minimum atomic E-state index is -0.529. The van der Waals surface area contributed by atoms with Crippen molar-refractivity contribution in [2.24, 2.45) is 5.73 Å². The van der Waals surface area contributed by atoms with Crippen LogP contribution in [-0.4, -0.2) is 29.0 Å². The number of phenols is 1. The standard InChI is InChI=1S/C12H18N2O2/c1-8(13)12(16)14(3)9(2)10-6-4-5-7-11(10)15/h4-9,15H,13H2,1-3H3/t8-,9?/m0/s1. The molecular weight excluding hydrogens is 204 g/mol. The van der Waals surface area contributed by atoms with Crippen molar-refractivity contribution in [3.63, 3.8) is 0 Å². The summed E-state index contributed by atoms with van der Waals surface area (Å²) in [5, 5.41) is 9.68. The molecule has 16 heavy (non-hydrogen) atoms. The first-order valence-corrected chi connectivity index (χ1v) is 5.25. The molecule has 0 aromatic heterocycles. The molecule has 0 fully saturated rings. The van der Waals surface area contributed by atoms with E-state index in [-0.39, 0.29) is 17.7 Å². The molecule has 1 amide bonds. The number of rotatable bonds is 3. The molecule has 88 valence electrons. The number of hydrogen-bond acceptors (Lipinski definition) is 3. The van der Waals surface area contributed by atoms with Crippen molar-refractivity contribution in [3.05, 3.63) is 29.8 Å². The minimum Gasteiger partial charge on any atom is -0.508 e. The molecule has 0 aliphatic heterocycles. The summed E-state index contributed by atoms with van der Waals surface area (Å²) in [6.45, 7) is 3.51. The van der Waals surface area contributed by atoms with Crippen LogP contribution in [0.2, 0.25) is 0 Å². The van der Waals surface area contributed by atoms with Crippen LogP contribution in [0.15, 0.2) is 24.3 Å². The summed E-state index contributed by atoms with van der Waals surface area (Å²) in [7, 11) is 1.68. The normalized spacial score (nSPS) is 14.2. The van der Waals surface area contributed by atoms with Gasteiger partial charge in [-0.05, 0) is 19.9 Å². The lowest BCUT2D eigenvalue weighted by atomic mass is 10.1. The van der Waals surface area contributed by atoms with Gasteiger partial charge < -0.3 is 15.7 Å². The lowest BCUT2D eigenvalue weighted by Crippen LogP contribution is -2.40. The first-order chi connectivity index (χ1) is 7.45. The maximum Gasteiger partial charge on any atom is 0.239 e. The number of likely N-dealkylation sites (N-methyl/N-ethyl adjacent to an activating group) is 1. The molecular formula is C12H18N2O2. The van der Waals surface area contributed by atoms with Crippen LogP contribution in [-0.2, 0) is 4.79 Å². The van der Waals surface area contributed by atoms with Gasteiger partial charge in [0, 0.05) is 12.6 Å². The fraction of sp³-hybridized carbons (Fsp3) is 0.417. The summed E-state index contributed by atoms with van der Waals surface area (Å²) in [6, 6.07) is 6.26. The van der Waals surface area contributed by atoms with Crippen LogP contribution in [0.1, 0.15) is 25.5 Å². The van der Waals surface area contributed by atoms with Crippen LogP contribution in [0, 0.1) is 0 Å². The smallest absolute Gasteiger partial charge is 0.239 e. The number of amides is 1. The van der Waals surface area contributed by atoms with E-state index in [0.29, 0.717) is 0 Å². The molecule has 4 nitrogen and oxygen atoms in total. The van der Waals surface area contributed by atoms with Gasteiger partial charge >= 0.3 is 0 Å². The van der Waals surface area contributed by atoms with Crippen molar-refractivity contribution in [2.45, 2.75) is 25.9 Å². The zero-order chi connectivity index (χ0) is 12.3. The Balaban J connectivity index is 2.90. The Bertz CT molecular complexity index is 377. The Morgan fingerprint density at radius 2 is 1.94 bits per heavy atom. The van der Waals surface area contributed by atoms with Crippen LogP contribution >= 0.6 is 0 Å². The third-order valence-electron chi connectivity index (χ3n) is 2.70. The van der Waals surface area contributed by atoms with Gasteiger partial charge in [0.15, 0.2) is 0 Å². The number of hydrogen-bond donors (Lipinski definition) is 2. The van der Waals surface area contributed by atoms with E-state index in [1.807, 2.05) is 13.0 Å². The molecule has 1 unspecified atom stereocenters. The summed E-state index contributed by atoms with van der Waals surface area (Å²) >= 11 is 0. The fourth-order valence-electron chi connectivity index (χ4n) is 1.56. The molecule has 2 atom stereocenters. The summed E-state index contributed by atoms with van der Waals surface area (Å²) in [4.78, 5) is 13.2. The van der Waals surface area contributed by atoms with Gasteiger partial charge in [-0.2, -0.15) is 0 Å². The first kappa shape index (κ1) is 12.5. The van der Waals surface area contributed by atoms with Gasteiger partial charge in [-0.25, -0.2) is 0 Å². The lowest BCUT2D eigenvalue weighted by molar-refractivity contribution is -0.132. The van der Waals surface area contributed by atoms with Gasteiger partial charge in [-0.3, -0.25) is 4.79 Å². The second kappa shape index (κ2) is 4.99. The highest BCUT2D eigenvalue weighted by Crippen LogP contribution is 2.27. The van der Waals surface area contributed by atoms with E-state index in [1.165, 1.54) is 0 Å². The van der Waals surface area contributed by atoms with E-state index in [0.717, 1.165) is 5.56 Å². The monoisotopic (exact) mass is 222 g/mol. The van der Waals surface area contributed by atoms with Crippen molar-refractivity contribution < 1.29 is 9.90 Å². The quantitative estimate of drug-likeness (QED) is 0.809. The van der Waals surface area contributed by atoms with Crippen LogP contribution < -0.4 is 5.73 Å². The van der Waals surface area contributed by atoms with E-state index in [1.54, 1.807) is 37.1 Å². The van der Waals surface area contributed by atoms with Crippen molar-refractivity contribution in [2.75, 3.05) is 7.05 Å². The van der Waals surface area contributed by atoms with Gasteiger partial charge in [0.25, 0.3) is 0 Å². The third-order valence-corrected chi connectivity index (χ3v) is 2.70. The van der Waals surface area contributed by atoms with Crippen molar-refractivity contribution >= 4 is 5.91 Å². The van der Waals surface area contributed by atoms with Crippen LogP contribution in [0.5, 0.6) is 5.75 Å². The Morgan fingerprint density at radius 3 is 2.44 bits per heavy atom. The van der Waals surface area contributed by atoms with E-state index in [9.17, 15) is 9.90 Å². The second-order valence-electron chi connectivity index (χ2n) is 3.97. The molecule has 0 bridgehead atoms. The van der Waals surface area contributed by atoms with E-state index in [4.69, 9.17) is 5.73 Å². The second-order valence-corrected chi connectivity index (χ2v) is 3.97. The van der Waals surface area contributed by atoms with Crippen molar-refractivity contribution in [1.82, 2.24) is 4.90 Å². The zero-order valence-electron chi connectivity index (χ0n) is 9.84. The number of carbonyl (C=O) groups is 1. The Kier molecular flexibility index (Phi) is 3.90. The summed E-state index contributed by atoms with van der Waals surface area (Å²) in [5.74, 6) is 0.0510. The molecule has 0 heterocycles. The zero-order valence-corrected chi connectivity index (χ0v) is 9.84. The first-order valence-electron chi connectivity index (χ1n) is 5.25. The molecule has 0 aliphatic rings. The average molecular weight is 222 g/mol. The average Bonchev–Trinajstić information content (AvgIpc) is 2.26. The Morgan fingerprint density at radius 1 is 1.38 bits per heavy atom. The molecule has 0 radical (unpaired) electrons. The number of aromatic hydroxyl groups is 1. The third kappa shape index (κ3) is 2.52. The predicted molar refractivity (Wildman–Crippen MR) is 62.9 cm³/mol. The van der Waals surface area contributed by atoms with Gasteiger partial charge in [0.1, 0.15) is 5.75 Å². The lowest BCUT2D eigenvalue weighted by Gasteiger charge is -2.27. The molecule has 4 heteroatoms. The molecule has 0 spiro atoms. The summed E-state index contributed by atoms with van der Waals surface area (Å²) in [6.07, 6.45) is 0. The fourth-order valence-corrected chi connectivity index (χ4v) is 1.56. The van der Waals surface area contributed by atoms with E-state index in [2.05, 4.69) is 0 Å². The molecule has 1 aromatic rings. The van der Waals surface area contributed by atoms with Crippen molar-refractivity contribution in [1.29, 1.82) is 0 Å². The number of para-hydroxylation sites is 1. The summed E-state index contributed by atoms with van der Waals surface area (Å²) in [5.41, 5.74) is 6.26. The molecule has 0 saturated heterocycles. The highest BCUT2D eigenvalue weighted by atomic mass is 16.3. The Labute approximate surface area is 95.7 Å². The highest BCUT2D eigenvalue weighted by molar-refractivity contribution is 5.81. The number of carbonyl (C=O) groups excluding carboxylic acids is 1. The maximum absolute atomic E-state index is 11.7. The number of benzene rings is 1. The van der Waals surface area contributed by atoms with E-state index < -0.39 is 6.04 Å². The highest BCUT2D eigenvalue weighted by Gasteiger charge is 2.21. The van der Waals surface area contributed by atoms with E-state index >= 15 is 0 Å². The van der Waals surface area contributed by atoms with Gasteiger partial charge in [-0.1, -0.05) is 18.2 Å². The SMILES string of the molecule is CC(c1ccccc1O)N(C)C(=O)[C@H](C)N. The molecule has 0 aliphatic carbocycles. The van der Waals surface area contributed by atoms with Gasteiger partial charge in [0.2, 0.25) is 5.91 Å². The largest absolute Gasteiger partial charge is 0.508 e. The molecule has 0 saturated carbocycles. The molecule has 1 rings (SSSR count). The molecule has 1 aromatic carbocycles. The van der Waals surface area contributed by atoms with Crippen molar-refractivity contribution in [3.8, 4) is 5.75 Å². The predicted octanol–water partition coefficient (Wildman–Crippen LogP) is 1.26. The minimum absolute atomic E-state index is 0.143. The van der Waals surface area contributed by atoms with Crippen LogP contribution in [0.4, 0.5) is 0 Å².